The molecule has 1 aromatic carbocycles. The quantitative estimate of drug-likeness (QED) is 0.829. The predicted molar refractivity (Wildman–Crippen MR) is 78.2 cm³/mol. The van der Waals surface area contributed by atoms with Crippen LogP contribution in [0.4, 0.5) is 0 Å². The maximum atomic E-state index is 12.2. The highest BCUT2D eigenvalue weighted by atomic mass is 32.2. The van der Waals surface area contributed by atoms with E-state index >= 15 is 0 Å². The molecule has 1 unspecified atom stereocenters. The highest BCUT2D eigenvalue weighted by molar-refractivity contribution is 7.89. The van der Waals surface area contributed by atoms with E-state index in [0.717, 1.165) is 5.56 Å². The van der Waals surface area contributed by atoms with Crippen LogP contribution in [0.3, 0.4) is 0 Å². The van der Waals surface area contributed by atoms with E-state index in [1.165, 1.54) is 7.11 Å². The minimum Gasteiger partial charge on any atom is -0.395 e. The van der Waals surface area contributed by atoms with E-state index in [4.69, 9.17) is 9.84 Å². The number of methoxy groups -OCH3 is 1. The van der Waals surface area contributed by atoms with Gasteiger partial charge in [0.1, 0.15) is 0 Å². The van der Waals surface area contributed by atoms with E-state index in [1.54, 1.807) is 24.3 Å². The first kappa shape index (κ1) is 17.1. The summed E-state index contributed by atoms with van der Waals surface area (Å²) in [6.45, 7) is 6.00. The van der Waals surface area contributed by atoms with Crippen LogP contribution in [-0.4, -0.2) is 39.9 Å². The van der Waals surface area contributed by atoms with Crippen LogP contribution in [0, 0.1) is 0 Å². The minimum atomic E-state index is -3.65. The highest BCUT2D eigenvalue weighted by Crippen LogP contribution is 2.23. The molecule has 1 atom stereocenters. The van der Waals surface area contributed by atoms with Gasteiger partial charge in [0.05, 0.1) is 24.2 Å². The van der Waals surface area contributed by atoms with Crippen LogP contribution in [0.25, 0.3) is 0 Å². The highest BCUT2D eigenvalue weighted by Gasteiger charge is 2.20. The number of benzene rings is 1. The van der Waals surface area contributed by atoms with E-state index in [0.29, 0.717) is 0 Å². The van der Waals surface area contributed by atoms with Crippen LogP contribution in [0.1, 0.15) is 26.3 Å². The number of sulfonamides is 1. The van der Waals surface area contributed by atoms with Crippen molar-refractivity contribution < 1.29 is 18.3 Å². The number of rotatable bonds is 6. The van der Waals surface area contributed by atoms with Gasteiger partial charge in [-0.05, 0) is 23.1 Å². The van der Waals surface area contributed by atoms with Crippen LogP contribution in [0.15, 0.2) is 29.2 Å². The zero-order valence-corrected chi connectivity index (χ0v) is 13.2. The van der Waals surface area contributed by atoms with Gasteiger partial charge < -0.3 is 9.84 Å². The summed E-state index contributed by atoms with van der Waals surface area (Å²) in [5.74, 6) is 0. The van der Waals surface area contributed by atoms with Gasteiger partial charge in [-0.15, -0.1) is 0 Å². The van der Waals surface area contributed by atoms with E-state index in [9.17, 15) is 8.42 Å². The molecule has 1 rings (SSSR count). The Bertz CT molecular complexity index is 517. The van der Waals surface area contributed by atoms with Crippen LogP contribution in [-0.2, 0) is 20.2 Å². The lowest BCUT2D eigenvalue weighted by Gasteiger charge is -2.20. The summed E-state index contributed by atoms with van der Waals surface area (Å²) in [6.07, 6.45) is 0. The molecular formula is C14H23NO4S. The number of hydrogen-bond acceptors (Lipinski definition) is 4. The fourth-order valence-electron chi connectivity index (χ4n) is 1.75. The van der Waals surface area contributed by atoms with Gasteiger partial charge >= 0.3 is 0 Å². The lowest BCUT2D eigenvalue weighted by molar-refractivity contribution is 0.139. The molecule has 0 amide bonds. The fourth-order valence-corrected chi connectivity index (χ4v) is 2.96. The molecule has 0 aromatic heterocycles. The maximum Gasteiger partial charge on any atom is 0.240 e. The number of aliphatic hydroxyl groups excluding tert-OH is 1. The SMILES string of the molecule is COCC(CO)NS(=O)(=O)c1ccc(C(C)(C)C)cc1. The van der Waals surface area contributed by atoms with Gasteiger partial charge in [-0.1, -0.05) is 32.9 Å². The van der Waals surface area contributed by atoms with Gasteiger partial charge in [-0.2, -0.15) is 0 Å². The first-order valence-corrected chi connectivity index (χ1v) is 7.91. The molecule has 0 aliphatic rings. The van der Waals surface area contributed by atoms with Gasteiger partial charge in [0.25, 0.3) is 0 Å². The topological polar surface area (TPSA) is 75.6 Å². The summed E-state index contributed by atoms with van der Waals surface area (Å²) < 4.78 is 31.6. The Kier molecular flexibility index (Phi) is 5.70. The molecule has 0 bridgehead atoms. The molecule has 0 heterocycles. The Morgan fingerprint density at radius 3 is 2.20 bits per heavy atom. The number of hydrogen-bond donors (Lipinski definition) is 2. The minimum absolute atomic E-state index is 0.0284. The van der Waals surface area contributed by atoms with Crippen molar-refractivity contribution in [3.8, 4) is 0 Å². The third-order valence-electron chi connectivity index (χ3n) is 2.94. The third-order valence-corrected chi connectivity index (χ3v) is 4.48. The summed E-state index contributed by atoms with van der Waals surface area (Å²) in [4.78, 5) is 0.181. The van der Waals surface area contributed by atoms with Crippen LogP contribution < -0.4 is 4.72 Å². The van der Waals surface area contributed by atoms with Crippen molar-refractivity contribution in [2.45, 2.75) is 37.1 Å². The second kappa shape index (κ2) is 6.67. The second-order valence-electron chi connectivity index (χ2n) is 5.73. The third kappa shape index (κ3) is 4.56. The molecule has 114 valence electrons. The van der Waals surface area contributed by atoms with Gasteiger partial charge in [0.15, 0.2) is 0 Å². The first-order chi connectivity index (χ1) is 9.20. The standard InChI is InChI=1S/C14H23NO4S/c1-14(2,3)11-5-7-13(8-6-11)20(17,18)15-12(9-16)10-19-4/h5-8,12,15-16H,9-10H2,1-4H3. The zero-order valence-electron chi connectivity index (χ0n) is 12.4. The van der Waals surface area contributed by atoms with Gasteiger partial charge in [-0.25, -0.2) is 13.1 Å². The summed E-state index contributed by atoms with van der Waals surface area (Å²) in [7, 11) is -2.19. The molecular weight excluding hydrogens is 278 g/mol. The first-order valence-electron chi connectivity index (χ1n) is 6.43. The molecule has 0 radical (unpaired) electrons. The Labute approximate surface area is 121 Å². The summed E-state index contributed by atoms with van der Waals surface area (Å²) in [6, 6.07) is 6.11. The molecule has 2 N–H and O–H groups in total. The van der Waals surface area contributed by atoms with Crippen LogP contribution in [0.2, 0.25) is 0 Å². The summed E-state index contributed by atoms with van der Waals surface area (Å²) in [5.41, 5.74) is 1.03. The lowest BCUT2D eigenvalue weighted by Crippen LogP contribution is -2.40. The van der Waals surface area contributed by atoms with Crippen molar-refractivity contribution in [2.75, 3.05) is 20.3 Å². The van der Waals surface area contributed by atoms with E-state index < -0.39 is 16.1 Å². The van der Waals surface area contributed by atoms with E-state index in [1.807, 2.05) is 0 Å². The molecule has 0 fully saturated rings. The zero-order chi connectivity index (χ0) is 15.4. The maximum absolute atomic E-state index is 12.2. The largest absolute Gasteiger partial charge is 0.395 e. The van der Waals surface area contributed by atoms with E-state index in [-0.39, 0.29) is 23.5 Å². The van der Waals surface area contributed by atoms with Crippen molar-refractivity contribution in [3.05, 3.63) is 29.8 Å². The average Bonchev–Trinajstić information content (AvgIpc) is 2.37. The van der Waals surface area contributed by atoms with Crippen molar-refractivity contribution in [1.29, 1.82) is 0 Å². The molecule has 20 heavy (non-hydrogen) atoms. The second-order valence-corrected chi connectivity index (χ2v) is 7.44. The number of nitrogens with one attached hydrogen (secondary N) is 1. The Balaban J connectivity index is 2.93. The molecule has 0 spiro atoms. The van der Waals surface area contributed by atoms with Crippen LogP contribution in [0.5, 0.6) is 0 Å². The Morgan fingerprint density at radius 1 is 1.25 bits per heavy atom. The summed E-state index contributed by atoms with van der Waals surface area (Å²) in [5, 5.41) is 9.11. The van der Waals surface area contributed by atoms with Crippen molar-refractivity contribution in [2.24, 2.45) is 0 Å². The van der Waals surface area contributed by atoms with Gasteiger partial charge in [-0.3, -0.25) is 0 Å². The molecule has 0 saturated heterocycles. The average molecular weight is 301 g/mol. The van der Waals surface area contributed by atoms with Gasteiger partial charge in [0, 0.05) is 7.11 Å². The summed E-state index contributed by atoms with van der Waals surface area (Å²) >= 11 is 0. The normalized spacial score (nSPS) is 14.2. The Hall–Kier alpha value is -0.950. The fraction of sp³-hybridized carbons (Fsp3) is 0.571. The monoisotopic (exact) mass is 301 g/mol. The number of ether oxygens (including phenoxy) is 1. The smallest absolute Gasteiger partial charge is 0.240 e. The molecule has 0 aliphatic carbocycles. The van der Waals surface area contributed by atoms with Crippen molar-refractivity contribution in [3.63, 3.8) is 0 Å². The number of aliphatic hydroxyl groups is 1. The van der Waals surface area contributed by atoms with Crippen molar-refractivity contribution in [1.82, 2.24) is 4.72 Å². The van der Waals surface area contributed by atoms with Gasteiger partial charge in [0.2, 0.25) is 10.0 Å². The Morgan fingerprint density at radius 2 is 1.80 bits per heavy atom. The molecule has 0 saturated carbocycles. The van der Waals surface area contributed by atoms with Crippen LogP contribution >= 0.6 is 0 Å². The molecule has 1 aromatic rings. The molecule has 6 heteroatoms. The van der Waals surface area contributed by atoms with Crippen molar-refractivity contribution >= 4 is 10.0 Å². The predicted octanol–water partition coefficient (Wildman–Crippen LogP) is 1.27. The molecule has 5 nitrogen and oxygen atoms in total. The lowest BCUT2D eigenvalue weighted by atomic mass is 9.87. The molecule has 0 aliphatic heterocycles. The van der Waals surface area contributed by atoms with E-state index in [2.05, 4.69) is 25.5 Å².